The van der Waals surface area contributed by atoms with Crippen molar-refractivity contribution >= 4 is 16.8 Å². The quantitative estimate of drug-likeness (QED) is 0.760. The molecule has 0 radical (unpaired) electrons. The van der Waals surface area contributed by atoms with Crippen molar-refractivity contribution in [1.82, 2.24) is 15.3 Å². The van der Waals surface area contributed by atoms with Crippen LogP contribution in [-0.2, 0) is 11.3 Å². The molecule has 0 aliphatic carbocycles. The first kappa shape index (κ1) is 15.2. The summed E-state index contributed by atoms with van der Waals surface area (Å²) in [6.07, 6.45) is 1.91. The van der Waals surface area contributed by atoms with Crippen molar-refractivity contribution in [2.75, 3.05) is 7.11 Å². The Kier molecular flexibility index (Phi) is 4.39. The van der Waals surface area contributed by atoms with E-state index in [2.05, 4.69) is 21.4 Å². The Balaban J connectivity index is 1.74. The maximum atomic E-state index is 12.4. The summed E-state index contributed by atoms with van der Waals surface area (Å²) in [6.45, 7) is 2.35. The molecule has 118 valence electrons. The van der Waals surface area contributed by atoms with Gasteiger partial charge in [-0.15, -0.1) is 0 Å². The molecule has 0 aliphatic rings. The number of carbonyl (C=O) groups excluding carboxylic acids is 1. The van der Waals surface area contributed by atoms with Gasteiger partial charge in [-0.1, -0.05) is 12.1 Å². The molecule has 0 spiro atoms. The van der Waals surface area contributed by atoms with Crippen LogP contribution in [0.1, 0.15) is 34.7 Å². The number of nitrogens with zero attached hydrogens (tertiary/aromatic N) is 1. The Hall–Kier alpha value is -2.66. The van der Waals surface area contributed by atoms with Gasteiger partial charge in [-0.05, 0) is 48.2 Å². The molecule has 0 bridgehead atoms. The highest BCUT2D eigenvalue weighted by atomic mass is 16.5. The van der Waals surface area contributed by atoms with Gasteiger partial charge in [0, 0.05) is 18.8 Å². The molecule has 23 heavy (non-hydrogen) atoms. The van der Waals surface area contributed by atoms with Gasteiger partial charge in [-0.2, -0.15) is 0 Å². The molecule has 5 nitrogen and oxygen atoms in total. The number of rotatable bonds is 5. The summed E-state index contributed by atoms with van der Waals surface area (Å²) in [6, 6.07) is 13.4. The molecule has 1 atom stereocenters. The minimum absolute atomic E-state index is 0.102. The van der Waals surface area contributed by atoms with Crippen molar-refractivity contribution in [2.24, 2.45) is 0 Å². The summed E-state index contributed by atoms with van der Waals surface area (Å²) in [5, 5.41) is 4.11. The number of carbonyl (C=O) groups is 1. The van der Waals surface area contributed by atoms with Crippen molar-refractivity contribution < 1.29 is 9.53 Å². The molecular formula is C18H19N3O2. The number of pyridine rings is 1. The molecular weight excluding hydrogens is 290 g/mol. The molecule has 1 aromatic carbocycles. The fourth-order valence-corrected chi connectivity index (χ4v) is 2.53. The molecule has 3 rings (SSSR count). The summed E-state index contributed by atoms with van der Waals surface area (Å²) in [5.74, 6) is -0.190. The first-order valence-corrected chi connectivity index (χ1v) is 7.50. The zero-order valence-electron chi connectivity index (χ0n) is 13.2. The monoisotopic (exact) mass is 309 g/mol. The molecule has 3 aromatic rings. The summed E-state index contributed by atoms with van der Waals surface area (Å²) < 4.78 is 5.05. The van der Waals surface area contributed by atoms with Crippen LogP contribution in [0.4, 0.5) is 0 Å². The molecule has 2 N–H and O–H groups in total. The second-order valence-electron chi connectivity index (χ2n) is 5.47. The minimum atomic E-state index is -0.190. The van der Waals surface area contributed by atoms with Gasteiger partial charge in [0.05, 0.1) is 18.3 Å². The van der Waals surface area contributed by atoms with Crippen molar-refractivity contribution in [3.05, 3.63) is 65.6 Å². The second-order valence-corrected chi connectivity index (χ2v) is 5.47. The molecule has 0 aliphatic heterocycles. The average Bonchev–Trinajstić information content (AvgIpc) is 3.03. The highest BCUT2D eigenvalue weighted by Gasteiger charge is 2.13. The van der Waals surface area contributed by atoms with Crippen LogP contribution < -0.4 is 5.32 Å². The highest BCUT2D eigenvalue weighted by molar-refractivity contribution is 5.92. The zero-order valence-corrected chi connectivity index (χ0v) is 13.2. The third-order valence-corrected chi connectivity index (χ3v) is 3.76. The number of amides is 1. The summed E-state index contributed by atoms with van der Waals surface area (Å²) in [4.78, 5) is 19.8. The van der Waals surface area contributed by atoms with E-state index >= 15 is 0 Å². The van der Waals surface area contributed by atoms with E-state index in [0.717, 1.165) is 22.2 Å². The lowest BCUT2D eigenvalue weighted by atomic mass is 10.1. The lowest BCUT2D eigenvalue weighted by Gasteiger charge is -2.14. The molecule has 2 aromatic heterocycles. The van der Waals surface area contributed by atoms with E-state index in [1.807, 2.05) is 43.5 Å². The number of benzene rings is 1. The smallest absolute Gasteiger partial charge is 0.270 e. The largest absolute Gasteiger partial charge is 0.378 e. The summed E-state index contributed by atoms with van der Waals surface area (Å²) in [7, 11) is 1.60. The van der Waals surface area contributed by atoms with E-state index in [-0.39, 0.29) is 11.9 Å². The number of hydrogen-bond acceptors (Lipinski definition) is 3. The van der Waals surface area contributed by atoms with Crippen molar-refractivity contribution in [3.8, 4) is 0 Å². The third-order valence-electron chi connectivity index (χ3n) is 3.76. The Labute approximate surface area is 134 Å². The molecule has 0 saturated heterocycles. The number of H-pyrrole nitrogens is 1. The number of methoxy groups -OCH3 is 1. The minimum Gasteiger partial charge on any atom is -0.378 e. The third kappa shape index (κ3) is 3.40. The van der Waals surface area contributed by atoms with Crippen molar-refractivity contribution in [1.29, 1.82) is 0 Å². The lowest BCUT2D eigenvalue weighted by molar-refractivity contribution is 0.0934. The Morgan fingerprint density at radius 1 is 1.30 bits per heavy atom. The van der Waals surface area contributed by atoms with E-state index < -0.39 is 0 Å². The normalized spacial score (nSPS) is 12.3. The van der Waals surface area contributed by atoms with Gasteiger partial charge in [-0.25, -0.2) is 4.98 Å². The fourth-order valence-electron chi connectivity index (χ4n) is 2.53. The molecule has 1 unspecified atom stereocenters. The van der Waals surface area contributed by atoms with Crippen LogP contribution >= 0.6 is 0 Å². The van der Waals surface area contributed by atoms with Crippen LogP contribution in [0.2, 0.25) is 0 Å². The predicted octanol–water partition coefficient (Wildman–Crippen LogP) is 3.20. The van der Waals surface area contributed by atoms with Gasteiger partial charge in [-0.3, -0.25) is 4.79 Å². The van der Waals surface area contributed by atoms with Gasteiger partial charge in [0.25, 0.3) is 5.91 Å². The number of aromatic amines is 1. The SMILES string of the molecule is COCc1cccc(C(=O)NC(C)c2ccc3[nH]ccc3c2)n1. The topological polar surface area (TPSA) is 67.0 Å². The van der Waals surface area contributed by atoms with E-state index in [0.29, 0.717) is 12.3 Å². The zero-order chi connectivity index (χ0) is 16.2. The van der Waals surface area contributed by atoms with E-state index in [4.69, 9.17) is 4.74 Å². The molecule has 2 heterocycles. The maximum absolute atomic E-state index is 12.4. The molecule has 1 amide bonds. The number of aromatic nitrogens is 2. The van der Waals surface area contributed by atoms with Crippen molar-refractivity contribution in [2.45, 2.75) is 19.6 Å². The van der Waals surface area contributed by atoms with Crippen LogP contribution in [0.3, 0.4) is 0 Å². The number of hydrogen-bond donors (Lipinski definition) is 2. The summed E-state index contributed by atoms with van der Waals surface area (Å²) in [5.41, 5.74) is 3.27. The van der Waals surface area contributed by atoms with E-state index in [1.54, 1.807) is 13.2 Å². The Morgan fingerprint density at radius 3 is 3.00 bits per heavy atom. The number of ether oxygens (including phenoxy) is 1. The van der Waals surface area contributed by atoms with Gasteiger partial charge in [0.15, 0.2) is 0 Å². The highest BCUT2D eigenvalue weighted by Crippen LogP contribution is 2.19. The summed E-state index contributed by atoms with van der Waals surface area (Å²) >= 11 is 0. The van der Waals surface area contributed by atoms with Crippen LogP contribution in [0, 0.1) is 0 Å². The van der Waals surface area contributed by atoms with Crippen LogP contribution in [-0.4, -0.2) is 23.0 Å². The van der Waals surface area contributed by atoms with E-state index in [9.17, 15) is 4.79 Å². The second kappa shape index (κ2) is 6.62. The average molecular weight is 309 g/mol. The molecule has 0 fully saturated rings. The first-order valence-electron chi connectivity index (χ1n) is 7.50. The van der Waals surface area contributed by atoms with Crippen molar-refractivity contribution in [3.63, 3.8) is 0 Å². The van der Waals surface area contributed by atoms with Crippen LogP contribution in [0.5, 0.6) is 0 Å². The lowest BCUT2D eigenvalue weighted by Crippen LogP contribution is -2.27. The van der Waals surface area contributed by atoms with Gasteiger partial charge in [0.1, 0.15) is 5.69 Å². The number of fused-ring (bicyclic) bond motifs is 1. The molecule has 0 saturated carbocycles. The fraction of sp³-hybridized carbons (Fsp3) is 0.222. The molecule has 5 heteroatoms. The predicted molar refractivity (Wildman–Crippen MR) is 89.1 cm³/mol. The van der Waals surface area contributed by atoms with Crippen LogP contribution in [0.15, 0.2) is 48.7 Å². The maximum Gasteiger partial charge on any atom is 0.270 e. The van der Waals surface area contributed by atoms with E-state index in [1.165, 1.54) is 0 Å². The first-order chi connectivity index (χ1) is 11.2. The van der Waals surface area contributed by atoms with Crippen LogP contribution in [0.25, 0.3) is 10.9 Å². The Morgan fingerprint density at radius 2 is 2.17 bits per heavy atom. The van der Waals surface area contributed by atoms with Gasteiger partial charge in [0.2, 0.25) is 0 Å². The number of nitrogens with one attached hydrogen (secondary N) is 2. The van der Waals surface area contributed by atoms with Gasteiger partial charge >= 0.3 is 0 Å². The Bertz CT molecular complexity index is 826. The standard InChI is InChI=1S/C18H19N3O2/c1-12(13-6-7-16-14(10-13)8-9-19-16)20-18(22)17-5-3-4-15(21-17)11-23-2/h3-10,12,19H,11H2,1-2H3,(H,20,22). The van der Waals surface area contributed by atoms with Gasteiger partial charge < -0.3 is 15.0 Å².